The van der Waals surface area contributed by atoms with Gasteiger partial charge in [0.2, 0.25) is 10.0 Å². The van der Waals surface area contributed by atoms with E-state index in [2.05, 4.69) is 10.3 Å². The van der Waals surface area contributed by atoms with E-state index in [1.807, 2.05) is 41.1 Å². The second-order valence-corrected chi connectivity index (χ2v) is 10.8. The van der Waals surface area contributed by atoms with Crippen molar-refractivity contribution in [3.63, 3.8) is 0 Å². The summed E-state index contributed by atoms with van der Waals surface area (Å²) < 4.78 is 36.5. The van der Waals surface area contributed by atoms with Gasteiger partial charge in [0.25, 0.3) is 0 Å². The van der Waals surface area contributed by atoms with E-state index in [0.29, 0.717) is 24.4 Å². The Hall–Kier alpha value is -2.88. The molecule has 2 heterocycles. The van der Waals surface area contributed by atoms with Gasteiger partial charge in [-0.1, -0.05) is 41.9 Å². The summed E-state index contributed by atoms with van der Waals surface area (Å²) in [6.45, 7) is 1.15. The van der Waals surface area contributed by atoms with Crippen LogP contribution in [-0.4, -0.2) is 47.6 Å². The van der Waals surface area contributed by atoms with Crippen LogP contribution in [0.25, 0.3) is 0 Å². The zero-order valence-electron chi connectivity index (χ0n) is 19.3. The molecule has 10 heteroatoms. The highest BCUT2D eigenvalue weighted by Crippen LogP contribution is 2.39. The molecule has 3 aromatic rings. The van der Waals surface area contributed by atoms with Gasteiger partial charge in [0.05, 0.1) is 23.3 Å². The van der Waals surface area contributed by atoms with Crippen LogP contribution in [0.3, 0.4) is 0 Å². The first-order chi connectivity index (χ1) is 16.9. The molecule has 1 amide bonds. The van der Waals surface area contributed by atoms with Crippen molar-refractivity contribution in [1.82, 2.24) is 19.2 Å². The van der Waals surface area contributed by atoms with E-state index in [4.69, 9.17) is 16.3 Å². The molecular formula is C25H29ClN4O4S. The molecule has 1 saturated heterocycles. The molecule has 4 rings (SSSR count). The molecule has 0 bridgehead atoms. The van der Waals surface area contributed by atoms with Crippen LogP contribution in [-0.2, 0) is 21.3 Å². The molecule has 35 heavy (non-hydrogen) atoms. The van der Waals surface area contributed by atoms with Crippen LogP contribution < -0.4 is 5.32 Å². The van der Waals surface area contributed by atoms with Gasteiger partial charge in [0, 0.05) is 30.5 Å². The number of ether oxygens (including phenoxy) is 1. The third-order valence-electron chi connectivity index (χ3n) is 6.08. The molecule has 0 aliphatic carbocycles. The average molecular weight is 517 g/mol. The molecule has 0 saturated carbocycles. The van der Waals surface area contributed by atoms with Gasteiger partial charge in [-0.25, -0.2) is 18.2 Å². The Morgan fingerprint density at radius 2 is 1.89 bits per heavy atom. The molecule has 8 nitrogen and oxygen atoms in total. The largest absolute Gasteiger partial charge is 0.448 e. The van der Waals surface area contributed by atoms with Crippen molar-refractivity contribution in [2.24, 2.45) is 0 Å². The molecule has 1 N–H and O–H groups in total. The van der Waals surface area contributed by atoms with Gasteiger partial charge >= 0.3 is 6.09 Å². The number of alkyl carbamates (subject to hydrolysis) is 1. The average Bonchev–Trinajstić information content (AvgIpc) is 3.39. The summed E-state index contributed by atoms with van der Waals surface area (Å²) in [5.74, 6) is 0. The fraction of sp³-hybridized carbons (Fsp3) is 0.360. The highest BCUT2D eigenvalue weighted by molar-refractivity contribution is 7.89. The van der Waals surface area contributed by atoms with Crippen LogP contribution in [0.15, 0.2) is 78.2 Å². The summed E-state index contributed by atoms with van der Waals surface area (Å²) in [4.78, 5) is 16.5. The summed E-state index contributed by atoms with van der Waals surface area (Å²) in [6, 6.07) is 14.9. The predicted octanol–water partition coefficient (Wildman–Crippen LogP) is 4.64. The number of rotatable bonds is 9. The number of nitrogens with zero attached hydrogens (tertiary/aromatic N) is 3. The van der Waals surface area contributed by atoms with E-state index in [1.54, 1.807) is 24.7 Å². The fourth-order valence-electron chi connectivity index (χ4n) is 4.39. The van der Waals surface area contributed by atoms with E-state index in [1.165, 1.54) is 16.4 Å². The minimum absolute atomic E-state index is 0.0243. The summed E-state index contributed by atoms with van der Waals surface area (Å²) in [6.07, 6.45) is 7.58. The van der Waals surface area contributed by atoms with Crippen molar-refractivity contribution in [2.45, 2.75) is 49.2 Å². The zero-order chi connectivity index (χ0) is 24.7. The van der Waals surface area contributed by atoms with Crippen molar-refractivity contribution in [1.29, 1.82) is 0 Å². The first-order valence-electron chi connectivity index (χ1n) is 11.7. The standard InChI is InChI=1S/C25H29ClN4O4S/c26-21-10-12-23(13-11-21)35(32,33)30-22(8-4-9-24(30)20-6-2-1-3-7-20)18-34-25(31)28-14-5-16-29-17-15-27-19-29/h1-3,6-7,10-13,15,17,19,22,24H,4-5,8-9,14,16,18H2,(H,28,31)/t22-,24+/m1/s1. The van der Waals surface area contributed by atoms with Gasteiger partial charge in [-0.2, -0.15) is 4.31 Å². The number of carbonyl (C=O) groups excluding carboxylic acids is 1. The Morgan fingerprint density at radius 1 is 1.11 bits per heavy atom. The van der Waals surface area contributed by atoms with E-state index in [0.717, 1.165) is 24.9 Å². The van der Waals surface area contributed by atoms with E-state index in [9.17, 15) is 13.2 Å². The monoisotopic (exact) mass is 516 g/mol. The van der Waals surface area contributed by atoms with Crippen LogP contribution in [0.1, 0.15) is 37.3 Å². The smallest absolute Gasteiger partial charge is 0.407 e. The predicted molar refractivity (Wildman–Crippen MR) is 133 cm³/mol. The third-order valence-corrected chi connectivity index (χ3v) is 8.31. The first-order valence-corrected chi connectivity index (χ1v) is 13.5. The molecular weight excluding hydrogens is 488 g/mol. The van der Waals surface area contributed by atoms with Crippen molar-refractivity contribution >= 4 is 27.7 Å². The normalized spacial score (nSPS) is 18.8. The Kier molecular flexibility index (Phi) is 8.43. The Bertz CT molecular complexity index is 1190. The van der Waals surface area contributed by atoms with Gasteiger partial charge in [0.15, 0.2) is 0 Å². The summed E-state index contributed by atoms with van der Waals surface area (Å²) in [7, 11) is -3.86. The first kappa shape index (κ1) is 25.2. The number of aromatic nitrogens is 2. The molecule has 0 spiro atoms. The number of carbonyl (C=O) groups is 1. The number of hydrogen-bond acceptors (Lipinski definition) is 5. The number of hydrogen-bond donors (Lipinski definition) is 1. The molecule has 1 aliphatic heterocycles. The second kappa shape index (κ2) is 11.7. The van der Waals surface area contributed by atoms with Crippen molar-refractivity contribution < 1.29 is 17.9 Å². The molecule has 0 radical (unpaired) electrons. The topological polar surface area (TPSA) is 93.5 Å². The molecule has 0 unspecified atom stereocenters. The lowest BCUT2D eigenvalue weighted by Crippen LogP contribution is -2.48. The molecule has 1 aromatic heterocycles. The van der Waals surface area contributed by atoms with Gasteiger partial charge in [0.1, 0.15) is 6.61 Å². The number of sulfonamides is 1. The lowest BCUT2D eigenvalue weighted by atomic mass is 9.93. The fourth-order valence-corrected chi connectivity index (χ4v) is 6.36. The number of nitrogens with one attached hydrogen (secondary N) is 1. The lowest BCUT2D eigenvalue weighted by Gasteiger charge is -2.41. The summed E-state index contributed by atoms with van der Waals surface area (Å²) >= 11 is 5.99. The van der Waals surface area contributed by atoms with Crippen molar-refractivity contribution in [3.05, 3.63) is 83.9 Å². The molecule has 1 aliphatic rings. The number of amides is 1. The van der Waals surface area contributed by atoms with Gasteiger partial charge in [-0.3, -0.25) is 0 Å². The second-order valence-electron chi connectivity index (χ2n) is 8.48. The minimum atomic E-state index is -3.86. The number of piperidine rings is 1. The SMILES string of the molecule is O=C(NCCCn1ccnc1)OC[C@H]1CCC[C@@H](c2ccccc2)N1S(=O)(=O)c1ccc(Cl)cc1. The van der Waals surface area contributed by atoms with Crippen molar-refractivity contribution in [2.75, 3.05) is 13.2 Å². The third kappa shape index (κ3) is 6.42. The van der Waals surface area contributed by atoms with E-state index < -0.39 is 22.2 Å². The van der Waals surface area contributed by atoms with Gasteiger partial charge < -0.3 is 14.6 Å². The maximum absolute atomic E-state index is 13.8. The maximum atomic E-state index is 13.8. The quantitative estimate of drug-likeness (QED) is 0.418. The number of benzene rings is 2. The van der Waals surface area contributed by atoms with Crippen LogP contribution in [0.2, 0.25) is 5.02 Å². The van der Waals surface area contributed by atoms with Gasteiger partial charge in [-0.05, 0) is 55.5 Å². The maximum Gasteiger partial charge on any atom is 0.407 e. The van der Waals surface area contributed by atoms with E-state index >= 15 is 0 Å². The highest BCUT2D eigenvalue weighted by atomic mass is 35.5. The lowest BCUT2D eigenvalue weighted by molar-refractivity contribution is 0.0853. The minimum Gasteiger partial charge on any atom is -0.448 e. The van der Waals surface area contributed by atoms with Crippen molar-refractivity contribution in [3.8, 4) is 0 Å². The Labute approximate surface area is 210 Å². The van der Waals surface area contributed by atoms with Crippen LogP contribution in [0.4, 0.5) is 4.79 Å². The number of halogens is 1. The molecule has 2 atom stereocenters. The highest BCUT2D eigenvalue weighted by Gasteiger charge is 2.41. The van der Waals surface area contributed by atoms with E-state index in [-0.39, 0.29) is 17.5 Å². The number of aryl methyl sites for hydroxylation is 1. The summed E-state index contributed by atoms with van der Waals surface area (Å²) in [5.41, 5.74) is 0.915. The molecule has 186 valence electrons. The van der Waals surface area contributed by atoms with Crippen LogP contribution in [0.5, 0.6) is 0 Å². The molecule has 1 fully saturated rings. The Balaban J connectivity index is 1.46. The summed E-state index contributed by atoms with van der Waals surface area (Å²) in [5, 5.41) is 3.21. The number of imidazole rings is 1. The molecule has 2 aromatic carbocycles. The van der Waals surface area contributed by atoms with Crippen LogP contribution >= 0.6 is 11.6 Å². The van der Waals surface area contributed by atoms with Gasteiger partial charge in [-0.15, -0.1) is 0 Å². The Morgan fingerprint density at radius 3 is 2.60 bits per heavy atom. The van der Waals surface area contributed by atoms with Crippen LogP contribution in [0, 0.1) is 0 Å². The zero-order valence-corrected chi connectivity index (χ0v) is 20.9.